The van der Waals surface area contributed by atoms with Gasteiger partial charge in [-0.2, -0.15) is 13.5 Å². The van der Waals surface area contributed by atoms with E-state index in [1.54, 1.807) is 24.3 Å². The van der Waals surface area contributed by atoms with Crippen LogP contribution in [0.5, 0.6) is 5.75 Å². The fourth-order valence-electron chi connectivity index (χ4n) is 2.25. The summed E-state index contributed by atoms with van der Waals surface area (Å²) in [7, 11) is -3.67. The van der Waals surface area contributed by atoms with E-state index in [0.717, 1.165) is 11.1 Å². The summed E-state index contributed by atoms with van der Waals surface area (Å²) < 4.78 is 29.9. The van der Waals surface area contributed by atoms with Crippen molar-refractivity contribution in [3.8, 4) is 5.75 Å². The molecule has 132 valence electrons. The highest BCUT2D eigenvalue weighted by atomic mass is 32.2. The molecule has 3 aromatic rings. The number of sulfonamides is 1. The van der Waals surface area contributed by atoms with Crippen LogP contribution in [0.25, 0.3) is 0 Å². The van der Waals surface area contributed by atoms with Gasteiger partial charge in [0.2, 0.25) is 0 Å². The van der Waals surface area contributed by atoms with E-state index < -0.39 is 10.0 Å². The molecule has 0 bridgehead atoms. The van der Waals surface area contributed by atoms with Crippen LogP contribution in [0.15, 0.2) is 94.9 Å². The lowest BCUT2D eigenvalue weighted by molar-refractivity contribution is 0.306. The van der Waals surface area contributed by atoms with Crippen LogP contribution in [0.3, 0.4) is 0 Å². The number of benzene rings is 3. The standard InChI is InChI=1S/C20H18N2O3S/c23-26(24,20-12-5-2-6-13-20)22-21-15-18-10-7-11-19(14-18)25-16-17-8-3-1-4-9-17/h1-15,22H,16H2/b21-15+. The van der Waals surface area contributed by atoms with E-state index in [1.807, 2.05) is 48.5 Å². The first kappa shape index (κ1) is 17.7. The second kappa shape index (κ2) is 8.31. The van der Waals surface area contributed by atoms with E-state index in [4.69, 9.17) is 4.74 Å². The summed E-state index contributed by atoms with van der Waals surface area (Å²) in [6.45, 7) is 0.460. The molecule has 0 spiro atoms. The van der Waals surface area contributed by atoms with Crippen LogP contribution in [-0.4, -0.2) is 14.6 Å². The molecule has 0 aliphatic rings. The molecule has 26 heavy (non-hydrogen) atoms. The van der Waals surface area contributed by atoms with Gasteiger partial charge in [-0.1, -0.05) is 60.7 Å². The summed E-state index contributed by atoms with van der Waals surface area (Å²) in [5.41, 5.74) is 1.80. The predicted octanol–water partition coefficient (Wildman–Crippen LogP) is 3.58. The molecule has 0 amide bonds. The Labute approximate surface area is 153 Å². The van der Waals surface area contributed by atoms with E-state index in [1.165, 1.54) is 18.3 Å². The van der Waals surface area contributed by atoms with Crippen molar-refractivity contribution >= 4 is 16.2 Å². The summed E-state index contributed by atoms with van der Waals surface area (Å²) >= 11 is 0. The zero-order chi connectivity index (χ0) is 18.2. The molecule has 0 aliphatic carbocycles. The van der Waals surface area contributed by atoms with Gasteiger partial charge in [0.1, 0.15) is 12.4 Å². The minimum absolute atomic E-state index is 0.164. The molecule has 0 aromatic heterocycles. The molecule has 0 aliphatic heterocycles. The second-order valence-electron chi connectivity index (χ2n) is 5.51. The van der Waals surface area contributed by atoms with Crippen molar-refractivity contribution in [2.75, 3.05) is 0 Å². The monoisotopic (exact) mass is 366 g/mol. The zero-order valence-electron chi connectivity index (χ0n) is 13.9. The van der Waals surface area contributed by atoms with Gasteiger partial charge in [-0.05, 0) is 35.4 Å². The Balaban J connectivity index is 1.62. The largest absolute Gasteiger partial charge is 0.489 e. The van der Waals surface area contributed by atoms with Gasteiger partial charge >= 0.3 is 0 Å². The number of hydrazone groups is 1. The van der Waals surface area contributed by atoms with Gasteiger partial charge in [0, 0.05) is 0 Å². The maximum absolute atomic E-state index is 12.1. The number of nitrogens with zero attached hydrogens (tertiary/aromatic N) is 1. The van der Waals surface area contributed by atoms with E-state index in [0.29, 0.717) is 12.4 Å². The lowest BCUT2D eigenvalue weighted by Gasteiger charge is -2.07. The molecule has 0 unspecified atom stereocenters. The molecule has 3 rings (SSSR count). The van der Waals surface area contributed by atoms with Crippen molar-refractivity contribution in [2.45, 2.75) is 11.5 Å². The maximum Gasteiger partial charge on any atom is 0.276 e. The molecule has 0 radical (unpaired) electrons. The fourth-order valence-corrected chi connectivity index (χ4v) is 3.06. The molecule has 1 N–H and O–H groups in total. The van der Waals surface area contributed by atoms with Gasteiger partial charge in [-0.15, -0.1) is 0 Å². The highest BCUT2D eigenvalue weighted by Crippen LogP contribution is 2.14. The molecular formula is C20H18N2O3S. The average Bonchev–Trinajstić information content (AvgIpc) is 2.68. The average molecular weight is 366 g/mol. The van der Waals surface area contributed by atoms with Crippen LogP contribution in [0.1, 0.15) is 11.1 Å². The van der Waals surface area contributed by atoms with E-state index in [-0.39, 0.29) is 4.90 Å². The Morgan fingerprint density at radius 2 is 1.58 bits per heavy atom. The molecule has 0 heterocycles. The third kappa shape index (κ3) is 4.94. The SMILES string of the molecule is O=S(=O)(N/N=C/c1cccc(OCc2ccccc2)c1)c1ccccc1. The van der Waals surface area contributed by atoms with Crippen LogP contribution in [0, 0.1) is 0 Å². The van der Waals surface area contributed by atoms with Gasteiger partial charge in [0.15, 0.2) is 0 Å². The maximum atomic E-state index is 12.1. The van der Waals surface area contributed by atoms with Gasteiger partial charge in [-0.25, -0.2) is 4.83 Å². The van der Waals surface area contributed by atoms with E-state index >= 15 is 0 Å². The number of hydrogen-bond acceptors (Lipinski definition) is 4. The molecular weight excluding hydrogens is 348 g/mol. The minimum atomic E-state index is -3.67. The zero-order valence-corrected chi connectivity index (χ0v) is 14.8. The Morgan fingerprint density at radius 3 is 2.31 bits per heavy atom. The van der Waals surface area contributed by atoms with Gasteiger partial charge in [0.05, 0.1) is 11.1 Å². The van der Waals surface area contributed by atoms with Gasteiger partial charge in [-0.3, -0.25) is 0 Å². The fraction of sp³-hybridized carbons (Fsp3) is 0.0500. The normalized spacial score (nSPS) is 11.4. The smallest absolute Gasteiger partial charge is 0.276 e. The molecule has 0 atom stereocenters. The Morgan fingerprint density at radius 1 is 0.885 bits per heavy atom. The number of hydrogen-bond donors (Lipinski definition) is 1. The van der Waals surface area contributed by atoms with Crippen molar-refractivity contribution < 1.29 is 13.2 Å². The number of rotatable bonds is 7. The number of ether oxygens (including phenoxy) is 1. The van der Waals surface area contributed by atoms with E-state index in [2.05, 4.69) is 9.93 Å². The van der Waals surface area contributed by atoms with Crippen LogP contribution in [0.4, 0.5) is 0 Å². The quantitative estimate of drug-likeness (QED) is 0.513. The highest BCUT2D eigenvalue weighted by molar-refractivity contribution is 7.89. The molecule has 0 saturated heterocycles. The van der Waals surface area contributed by atoms with Gasteiger partial charge < -0.3 is 4.74 Å². The lowest BCUT2D eigenvalue weighted by Crippen LogP contribution is -2.18. The van der Waals surface area contributed by atoms with Crippen LogP contribution in [-0.2, 0) is 16.6 Å². The summed E-state index contributed by atoms with van der Waals surface area (Å²) in [4.78, 5) is 2.37. The molecule has 5 nitrogen and oxygen atoms in total. The van der Waals surface area contributed by atoms with Crippen LogP contribution in [0.2, 0.25) is 0 Å². The summed E-state index contributed by atoms with van der Waals surface area (Å²) in [5, 5.41) is 3.83. The predicted molar refractivity (Wildman–Crippen MR) is 102 cm³/mol. The first-order valence-electron chi connectivity index (χ1n) is 8.00. The Hall–Kier alpha value is -3.12. The molecule has 3 aromatic carbocycles. The Bertz CT molecular complexity index is 972. The molecule has 0 fully saturated rings. The number of nitrogens with one attached hydrogen (secondary N) is 1. The van der Waals surface area contributed by atoms with E-state index in [9.17, 15) is 8.42 Å². The summed E-state index contributed by atoms with van der Waals surface area (Å²) in [5.74, 6) is 0.684. The third-order valence-electron chi connectivity index (χ3n) is 3.55. The Kier molecular flexibility index (Phi) is 5.66. The molecule has 6 heteroatoms. The third-order valence-corrected chi connectivity index (χ3v) is 4.78. The van der Waals surface area contributed by atoms with Crippen molar-refractivity contribution in [1.29, 1.82) is 0 Å². The van der Waals surface area contributed by atoms with Crippen molar-refractivity contribution in [3.63, 3.8) is 0 Å². The summed E-state index contributed by atoms with van der Waals surface area (Å²) in [6, 6.07) is 25.2. The lowest BCUT2D eigenvalue weighted by atomic mass is 10.2. The first-order valence-corrected chi connectivity index (χ1v) is 9.48. The second-order valence-corrected chi connectivity index (χ2v) is 7.17. The van der Waals surface area contributed by atoms with Crippen molar-refractivity contribution in [2.24, 2.45) is 5.10 Å². The van der Waals surface area contributed by atoms with Crippen LogP contribution >= 0.6 is 0 Å². The summed E-state index contributed by atoms with van der Waals surface area (Å²) in [6.07, 6.45) is 1.44. The van der Waals surface area contributed by atoms with Crippen molar-refractivity contribution in [3.05, 3.63) is 96.1 Å². The topological polar surface area (TPSA) is 67.8 Å². The molecule has 0 saturated carbocycles. The minimum Gasteiger partial charge on any atom is -0.489 e. The first-order chi connectivity index (χ1) is 12.6. The van der Waals surface area contributed by atoms with Crippen molar-refractivity contribution in [1.82, 2.24) is 4.83 Å². The van der Waals surface area contributed by atoms with Gasteiger partial charge in [0.25, 0.3) is 10.0 Å². The highest BCUT2D eigenvalue weighted by Gasteiger charge is 2.10. The van der Waals surface area contributed by atoms with Crippen LogP contribution < -0.4 is 9.57 Å².